The van der Waals surface area contributed by atoms with Gasteiger partial charge in [0.1, 0.15) is 19.3 Å². The molecule has 0 rings (SSSR count). The van der Waals surface area contributed by atoms with Crippen LogP contribution in [0.2, 0.25) is 0 Å². The summed E-state index contributed by atoms with van der Waals surface area (Å²) in [5.74, 6) is -0.0221. The summed E-state index contributed by atoms with van der Waals surface area (Å²) < 4.78 is 68.1. The lowest BCUT2D eigenvalue weighted by atomic mass is 10.0. The van der Waals surface area contributed by atoms with Gasteiger partial charge in [-0.25, -0.2) is 9.13 Å². The van der Waals surface area contributed by atoms with Crippen molar-refractivity contribution in [3.05, 3.63) is 24.3 Å². The molecule has 0 bridgehead atoms. The van der Waals surface area contributed by atoms with Crippen LogP contribution in [-0.2, 0) is 65.4 Å². The smallest absolute Gasteiger partial charge is 0.462 e. The van der Waals surface area contributed by atoms with Crippen molar-refractivity contribution in [2.24, 2.45) is 17.8 Å². The van der Waals surface area contributed by atoms with E-state index in [0.29, 0.717) is 31.6 Å². The van der Waals surface area contributed by atoms with Crippen molar-refractivity contribution >= 4 is 39.5 Å². The summed E-state index contributed by atoms with van der Waals surface area (Å²) in [7, 11) is -9.91. The number of phosphoric ester groups is 2. The Bertz CT molecular complexity index is 1830. The van der Waals surface area contributed by atoms with Gasteiger partial charge in [-0.1, -0.05) is 265 Å². The van der Waals surface area contributed by atoms with E-state index in [-0.39, 0.29) is 25.7 Å². The highest BCUT2D eigenvalue weighted by Gasteiger charge is 2.30. The minimum atomic E-state index is -4.96. The normalized spacial score (nSPS) is 14.4. The van der Waals surface area contributed by atoms with Gasteiger partial charge >= 0.3 is 39.5 Å². The topological polar surface area (TPSA) is 237 Å². The van der Waals surface area contributed by atoms with Crippen LogP contribution in [0.5, 0.6) is 0 Å². The highest BCUT2D eigenvalue weighted by atomic mass is 31.2. The molecule has 19 heteroatoms. The van der Waals surface area contributed by atoms with Gasteiger partial charge in [0.25, 0.3) is 0 Å². The summed E-state index contributed by atoms with van der Waals surface area (Å²) in [5.41, 5.74) is 0. The Balaban J connectivity index is 5.27. The Morgan fingerprint density at radius 3 is 0.920 bits per heavy atom. The first kappa shape index (κ1) is 85.5. The highest BCUT2D eigenvalue weighted by Crippen LogP contribution is 2.45. The van der Waals surface area contributed by atoms with Gasteiger partial charge in [-0.2, -0.15) is 0 Å². The second-order valence-electron chi connectivity index (χ2n) is 25.7. The predicted molar refractivity (Wildman–Crippen MR) is 354 cm³/mol. The van der Waals surface area contributed by atoms with Crippen LogP contribution in [0, 0.1) is 17.8 Å². The Morgan fingerprint density at radius 1 is 0.352 bits per heavy atom. The standard InChI is InChI=1S/C69H130O17P2/c1-8-9-10-11-12-13-14-15-16-17-18-22-28-36-43-50-66(71)79-56-64(85-68(73)52-45-38-30-23-20-19-21-26-33-40-47-60(2)3)58-83-87(75,76)81-54-63(70)55-82-88(77,78)84-59-65(86-69(74)53-46-39-32-31-35-42-49-62(6)7)57-80-67(72)51-44-37-29-25-24-27-34-41-48-61(4)5/h13-16,60-65,70H,8-12,17-59H2,1-7H3,(H,75,76)(H,77,78)/b14-13-,16-15-/t63?,64-,65-/m1/s1. The summed E-state index contributed by atoms with van der Waals surface area (Å²) in [5, 5.41) is 10.6. The third kappa shape index (κ3) is 62.4. The molecule has 0 heterocycles. The largest absolute Gasteiger partial charge is 0.472 e. The molecule has 0 aromatic carbocycles. The number of hydrogen-bond donors (Lipinski definition) is 3. The lowest BCUT2D eigenvalue weighted by Crippen LogP contribution is -2.30. The average molecular weight is 1290 g/mol. The van der Waals surface area contributed by atoms with Gasteiger partial charge in [0, 0.05) is 25.7 Å². The molecule has 3 N–H and O–H groups in total. The zero-order chi connectivity index (χ0) is 65.2. The molecule has 518 valence electrons. The second-order valence-corrected chi connectivity index (χ2v) is 28.6. The van der Waals surface area contributed by atoms with Gasteiger partial charge in [0.15, 0.2) is 12.2 Å². The van der Waals surface area contributed by atoms with Crippen LogP contribution in [0.1, 0.15) is 318 Å². The molecular weight excluding hydrogens is 1160 g/mol. The van der Waals surface area contributed by atoms with Crippen LogP contribution >= 0.6 is 15.6 Å². The van der Waals surface area contributed by atoms with Crippen molar-refractivity contribution in [3.8, 4) is 0 Å². The van der Waals surface area contributed by atoms with Crippen molar-refractivity contribution < 1.29 is 80.2 Å². The first-order chi connectivity index (χ1) is 42.2. The quantitative estimate of drug-likeness (QED) is 0.0169. The molecule has 3 unspecified atom stereocenters. The first-order valence-electron chi connectivity index (χ1n) is 35.2. The molecule has 17 nitrogen and oxygen atoms in total. The number of carbonyl (C=O) groups excluding carboxylic acids is 4. The molecule has 5 atom stereocenters. The maximum atomic E-state index is 13.0. The molecule has 0 saturated heterocycles. The summed E-state index contributed by atoms with van der Waals surface area (Å²) >= 11 is 0. The Hall–Kier alpha value is -2.46. The van der Waals surface area contributed by atoms with E-state index in [1.807, 2.05) is 0 Å². The Labute approximate surface area is 535 Å². The van der Waals surface area contributed by atoms with E-state index < -0.39 is 97.5 Å². The minimum Gasteiger partial charge on any atom is -0.462 e. The van der Waals surface area contributed by atoms with E-state index in [9.17, 15) is 43.2 Å². The fourth-order valence-electron chi connectivity index (χ4n) is 9.82. The number of unbranched alkanes of at least 4 members (excludes halogenated alkanes) is 30. The van der Waals surface area contributed by atoms with Gasteiger partial charge in [-0.3, -0.25) is 37.3 Å². The lowest BCUT2D eigenvalue weighted by molar-refractivity contribution is -0.161. The number of aliphatic hydroxyl groups excluding tert-OH is 1. The van der Waals surface area contributed by atoms with E-state index in [0.717, 1.165) is 121 Å². The molecule has 88 heavy (non-hydrogen) atoms. The number of aliphatic hydroxyl groups is 1. The van der Waals surface area contributed by atoms with E-state index in [2.05, 4.69) is 72.8 Å². The molecule has 0 spiro atoms. The van der Waals surface area contributed by atoms with Gasteiger partial charge < -0.3 is 33.8 Å². The van der Waals surface area contributed by atoms with Gasteiger partial charge in [0.05, 0.1) is 26.4 Å². The maximum absolute atomic E-state index is 13.0. The molecule has 0 aliphatic rings. The van der Waals surface area contributed by atoms with Crippen LogP contribution in [-0.4, -0.2) is 96.7 Å². The van der Waals surface area contributed by atoms with Crippen molar-refractivity contribution in [1.29, 1.82) is 0 Å². The zero-order valence-electron chi connectivity index (χ0n) is 56.7. The third-order valence-electron chi connectivity index (χ3n) is 15.3. The third-order valence-corrected chi connectivity index (χ3v) is 17.2. The number of esters is 4. The number of rotatable bonds is 65. The van der Waals surface area contributed by atoms with Crippen molar-refractivity contribution in [2.45, 2.75) is 336 Å². The fraction of sp³-hybridized carbons (Fsp3) is 0.884. The molecule has 0 saturated carbocycles. The summed E-state index contributed by atoms with van der Waals surface area (Å²) in [6.45, 7) is 11.6. The Morgan fingerprint density at radius 2 is 0.614 bits per heavy atom. The molecule has 0 amide bonds. The average Bonchev–Trinajstić information content (AvgIpc) is 3.58. The number of phosphoric acid groups is 2. The van der Waals surface area contributed by atoms with Crippen molar-refractivity contribution in [3.63, 3.8) is 0 Å². The van der Waals surface area contributed by atoms with Gasteiger partial charge in [-0.05, 0) is 69.1 Å². The van der Waals surface area contributed by atoms with Crippen LogP contribution in [0.3, 0.4) is 0 Å². The van der Waals surface area contributed by atoms with Crippen LogP contribution in [0.4, 0.5) is 0 Å². The second kappa shape index (κ2) is 59.5. The van der Waals surface area contributed by atoms with E-state index >= 15 is 0 Å². The minimum absolute atomic E-state index is 0.0984. The monoisotopic (exact) mass is 1290 g/mol. The van der Waals surface area contributed by atoms with Crippen molar-refractivity contribution in [2.75, 3.05) is 39.6 Å². The SMILES string of the molecule is CCCCCC/C=C\C=C/CCCCCCCC(=O)OC[C@H](COP(=O)(O)OCC(O)COP(=O)(O)OC[C@@H](COC(=O)CCCCCCCCCCC(C)C)OC(=O)CCCCCCCCC(C)C)OC(=O)CCCCCCCCCCCCC(C)C. The molecule has 0 aromatic rings. The summed E-state index contributed by atoms with van der Waals surface area (Å²) in [6.07, 6.45) is 45.5. The van der Waals surface area contributed by atoms with E-state index in [4.69, 9.17) is 37.0 Å². The van der Waals surface area contributed by atoms with Crippen LogP contribution in [0.15, 0.2) is 24.3 Å². The van der Waals surface area contributed by atoms with E-state index in [1.165, 1.54) is 109 Å². The molecular formula is C69H130O17P2. The Kier molecular flexibility index (Phi) is 57.9. The zero-order valence-corrected chi connectivity index (χ0v) is 58.5. The highest BCUT2D eigenvalue weighted by molar-refractivity contribution is 7.47. The number of allylic oxidation sites excluding steroid dienone is 4. The van der Waals surface area contributed by atoms with Crippen molar-refractivity contribution in [1.82, 2.24) is 0 Å². The van der Waals surface area contributed by atoms with Gasteiger partial charge in [-0.15, -0.1) is 0 Å². The van der Waals surface area contributed by atoms with E-state index in [1.54, 1.807) is 0 Å². The van der Waals surface area contributed by atoms with Crippen LogP contribution in [0.25, 0.3) is 0 Å². The van der Waals surface area contributed by atoms with Gasteiger partial charge in [0.2, 0.25) is 0 Å². The predicted octanol–water partition coefficient (Wildman–Crippen LogP) is 19.0. The molecule has 0 aliphatic carbocycles. The molecule has 0 fully saturated rings. The summed E-state index contributed by atoms with van der Waals surface area (Å²) in [6, 6.07) is 0. The lowest BCUT2D eigenvalue weighted by Gasteiger charge is -2.21. The molecule has 0 aliphatic heterocycles. The first-order valence-corrected chi connectivity index (χ1v) is 38.2. The maximum Gasteiger partial charge on any atom is 0.472 e. The number of hydrogen-bond acceptors (Lipinski definition) is 15. The molecule has 0 aromatic heterocycles. The molecule has 0 radical (unpaired) electrons. The number of carbonyl (C=O) groups is 4. The van der Waals surface area contributed by atoms with Crippen LogP contribution < -0.4 is 0 Å². The number of ether oxygens (including phenoxy) is 4. The fourth-order valence-corrected chi connectivity index (χ4v) is 11.4. The summed E-state index contributed by atoms with van der Waals surface area (Å²) in [4.78, 5) is 72.4.